The van der Waals surface area contributed by atoms with Gasteiger partial charge in [0, 0.05) is 0 Å². The van der Waals surface area contributed by atoms with Gasteiger partial charge in [-0.15, -0.1) is 11.3 Å². The van der Waals surface area contributed by atoms with Crippen molar-refractivity contribution in [2.24, 2.45) is 0 Å². The number of carbonyl (C=O) groups excluding carboxylic acids is 3. The molecule has 0 N–H and O–H groups in total. The molecular formula is C19H14N2O4S. The van der Waals surface area contributed by atoms with Gasteiger partial charge in [0.05, 0.1) is 21.3 Å². The van der Waals surface area contributed by atoms with Crippen LogP contribution in [0.25, 0.3) is 10.2 Å². The van der Waals surface area contributed by atoms with Gasteiger partial charge in [0.15, 0.2) is 6.10 Å². The van der Waals surface area contributed by atoms with E-state index < -0.39 is 30.4 Å². The SMILES string of the molecule is C[C@@H](OC(=O)CN1C(=O)c2ccccc2C1=O)c1nc2ccccc2s1. The number of amides is 2. The van der Waals surface area contributed by atoms with Gasteiger partial charge in [0.2, 0.25) is 0 Å². The lowest BCUT2D eigenvalue weighted by atomic mass is 10.1. The van der Waals surface area contributed by atoms with Gasteiger partial charge in [-0.2, -0.15) is 0 Å². The molecule has 1 aromatic heterocycles. The summed E-state index contributed by atoms with van der Waals surface area (Å²) >= 11 is 1.45. The van der Waals surface area contributed by atoms with Crippen molar-refractivity contribution in [1.29, 1.82) is 0 Å². The maximum Gasteiger partial charge on any atom is 0.326 e. The summed E-state index contributed by atoms with van der Waals surface area (Å²) in [6, 6.07) is 14.2. The molecule has 2 amide bonds. The number of hydrogen-bond acceptors (Lipinski definition) is 6. The van der Waals surface area contributed by atoms with Crippen LogP contribution in [0.1, 0.15) is 38.8 Å². The minimum atomic E-state index is -0.647. The lowest BCUT2D eigenvalue weighted by Crippen LogP contribution is -2.35. The van der Waals surface area contributed by atoms with Crippen molar-refractivity contribution in [2.75, 3.05) is 6.54 Å². The van der Waals surface area contributed by atoms with E-state index in [1.54, 1.807) is 31.2 Å². The van der Waals surface area contributed by atoms with E-state index in [9.17, 15) is 14.4 Å². The molecule has 0 fully saturated rings. The zero-order valence-corrected chi connectivity index (χ0v) is 14.7. The monoisotopic (exact) mass is 366 g/mol. The summed E-state index contributed by atoms with van der Waals surface area (Å²) in [5.41, 5.74) is 1.46. The lowest BCUT2D eigenvalue weighted by Gasteiger charge is -2.15. The summed E-state index contributed by atoms with van der Waals surface area (Å²) in [5, 5.41) is 0.668. The third-order valence-electron chi connectivity index (χ3n) is 4.13. The fraction of sp³-hybridized carbons (Fsp3) is 0.158. The second-order valence-electron chi connectivity index (χ2n) is 5.89. The molecule has 1 atom stereocenters. The van der Waals surface area contributed by atoms with E-state index in [0.29, 0.717) is 16.1 Å². The number of imide groups is 1. The van der Waals surface area contributed by atoms with Crippen LogP contribution in [0.5, 0.6) is 0 Å². The van der Waals surface area contributed by atoms with E-state index in [-0.39, 0.29) is 0 Å². The Morgan fingerprint density at radius 1 is 1.08 bits per heavy atom. The highest BCUT2D eigenvalue weighted by molar-refractivity contribution is 7.18. The second-order valence-corrected chi connectivity index (χ2v) is 6.96. The van der Waals surface area contributed by atoms with Gasteiger partial charge in [0.1, 0.15) is 11.6 Å². The van der Waals surface area contributed by atoms with Crippen LogP contribution in [0.15, 0.2) is 48.5 Å². The molecule has 0 aliphatic carbocycles. The summed E-state index contributed by atoms with van der Waals surface area (Å²) in [7, 11) is 0. The van der Waals surface area contributed by atoms with E-state index in [2.05, 4.69) is 4.98 Å². The highest BCUT2D eigenvalue weighted by Gasteiger charge is 2.36. The zero-order valence-electron chi connectivity index (χ0n) is 13.8. The van der Waals surface area contributed by atoms with E-state index in [0.717, 1.165) is 15.1 Å². The second kappa shape index (κ2) is 6.34. The summed E-state index contributed by atoms with van der Waals surface area (Å²) in [6.45, 7) is 1.31. The fourth-order valence-electron chi connectivity index (χ4n) is 2.86. The van der Waals surface area contributed by atoms with Gasteiger partial charge in [-0.25, -0.2) is 4.98 Å². The van der Waals surface area contributed by atoms with E-state index in [1.165, 1.54) is 11.3 Å². The quantitative estimate of drug-likeness (QED) is 0.523. The smallest absolute Gasteiger partial charge is 0.326 e. The van der Waals surface area contributed by atoms with Crippen LogP contribution >= 0.6 is 11.3 Å². The molecule has 0 radical (unpaired) electrons. The Balaban J connectivity index is 1.46. The molecule has 130 valence electrons. The molecule has 4 rings (SSSR count). The van der Waals surface area contributed by atoms with Gasteiger partial charge in [-0.3, -0.25) is 19.3 Å². The Bertz CT molecular complexity index is 975. The average molecular weight is 366 g/mol. The van der Waals surface area contributed by atoms with E-state index >= 15 is 0 Å². The molecule has 0 saturated carbocycles. The highest BCUT2D eigenvalue weighted by atomic mass is 32.1. The first kappa shape index (κ1) is 16.4. The van der Waals surface area contributed by atoms with Crippen molar-refractivity contribution in [1.82, 2.24) is 9.88 Å². The number of aromatic nitrogens is 1. The average Bonchev–Trinajstić information content (AvgIpc) is 3.18. The third kappa shape index (κ3) is 2.76. The van der Waals surface area contributed by atoms with Crippen molar-refractivity contribution >= 4 is 39.3 Å². The van der Waals surface area contributed by atoms with Crippen molar-refractivity contribution in [3.8, 4) is 0 Å². The molecule has 0 unspecified atom stereocenters. The van der Waals surface area contributed by atoms with Crippen LogP contribution in [0.2, 0.25) is 0 Å². The number of esters is 1. The Morgan fingerprint density at radius 3 is 2.35 bits per heavy atom. The standard InChI is InChI=1S/C19H14N2O4S/c1-11(17-20-14-8-4-5-9-15(14)26-17)25-16(22)10-21-18(23)12-6-2-3-7-13(12)19(21)24/h2-9,11H,10H2,1H3/t11-/m1/s1. The first-order chi connectivity index (χ1) is 12.5. The molecule has 1 aliphatic rings. The predicted molar refractivity (Wildman–Crippen MR) is 95.9 cm³/mol. The van der Waals surface area contributed by atoms with Crippen LogP contribution in [0.4, 0.5) is 0 Å². The van der Waals surface area contributed by atoms with Gasteiger partial charge in [-0.1, -0.05) is 24.3 Å². The number of thiazole rings is 1. The van der Waals surface area contributed by atoms with E-state index in [4.69, 9.17) is 4.74 Å². The molecule has 2 aromatic carbocycles. The van der Waals surface area contributed by atoms with Gasteiger partial charge in [-0.05, 0) is 31.2 Å². The minimum absolute atomic E-state index is 0.310. The molecule has 0 saturated heterocycles. The molecular weight excluding hydrogens is 352 g/mol. The molecule has 6 nitrogen and oxygen atoms in total. The minimum Gasteiger partial charge on any atom is -0.454 e. The van der Waals surface area contributed by atoms with E-state index in [1.807, 2.05) is 24.3 Å². The largest absolute Gasteiger partial charge is 0.454 e. The first-order valence-corrected chi connectivity index (χ1v) is 8.86. The van der Waals surface area contributed by atoms with Crippen LogP contribution < -0.4 is 0 Å². The van der Waals surface area contributed by atoms with Crippen molar-refractivity contribution in [3.05, 3.63) is 64.7 Å². The molecule has 1 aliphatic heterocycles. The number of carbonyl (C=O) groups is 3. The van der Waals surface area contributed by atoms with Gasteiger partial charge in [0.25, 0.3) is 11.8 Å². The van der Waals surface area contributed by atoms with Gasteiger partial charge >= 0.3 is 5.97 Å². The maximum atomic E-state index is 12.3. The molecule has 26 heavy (non-hydrogen) atoms. The fourth-order valence-corrected chi connectivity index (χ4v) is 3.81. The first-order valence-electron chi connectivity index (χ1n) is 8.05. The third-order valence-corrected chi connectivity index (χ3v) is 5.33. The number of para-hydroxylation sites is 1. The van der Waals surface area contributed by atoms with Crippen molar-refractivity contribution < 1.29 is 19.1 Å². The number of rotatable bonds is 4. The molecule has 3 aromatic rings. The zero-order chi connectivity index (χ0) is 18.3. The maximum absolute atomic E-state index is 12.3. The normalized spacial score (nSPS) is 14.6. The van der Waals surface area contributed by atoms with Crippen molar-refractivity contribution in [2.45, 2.75) is 13.0 Å². The Morgan fingerprint density at radius 2 is 1.69 bits per heavy atom. The lowest BCUT2D eigenvalue weighted by molar-refractivity contribution is -0.148. The molecule has 0 spiro atoms. The summed E-state index contributed by atoms with van der Waals surface area (Å²) in [5.74, 6) is -1.60. The summed E-state index contributed by atoms with van der Waals surface area (Å²) < 4.78 is 6.39. The van der Waals surface area contributed by atoms with Crippen LogP contribution in [0, 0.1) is 0 Å². The number of nitrogens with zero attached hydrogens (tertiary/aromatic N) is 2. The van der Waals surface area contributed by atoms with Gasteiger partial charge < -0.3 is 4.74 Å². The highest BCUT2D eigenvalue weighted by Crippen LogP contribution is 2.28. The number of benzene rings is 2. The van der Waals surface area contributed by atoms with Crippen LogP contribution in [-0.4, -0.2) is 34.2 Å². The van der Waals surface area contributed by atoms with Crippen LogP contribution in [0.3, 0.4) is 0 Å². The summed E-state index contributed by atoms with van der Waals surface area (Å²) in [4.78, 5) is 42.2. The summed E-state index contributed by atoms with van der Waals surface area (Å²) in [6.07, 6.45) is -0.560. The number of hydrogen-bond donors (Lipinski definition) is 0. The molecule has 2 heterocycles. The molecule has 0 bridgehead atoms. The number of ether oxygens (including phenoxy) is 1. The predicted octanol–water partition coefficient (Wildman–Crippen LogP) is 3.20. The Labute approximate surface area is 153 Å². The topological polar surface area (TPSA) is 76.6 Å². The molecule has 7 heteroatoms. The number of fused-ring (bicyclic) bond motifs is 2. The Kier molecular flexibility index (Phi) is 4.00. The van der Waals surface area contributed by atoms with Crippen molar-refractivity contribution in [3.63, 3.8) is 0 Å². The Hall–Kier alpha value is -3.06. The van der Waals surface area contributed by atoms with Crippen LogP contribution in [-0.2, 0) is 9.53 Å².